The molecular formula is C18H18N4O3S. The van der Waals surface area contributed by atoms with Crippen LogP contribution in [0.25, 0.3) is 11.4 Å². The summed E-state index contributed by atoms with van der Waals surface area (Å²) in [5, 5.41) is 9.25. The van der Waals surface area contributed by atoms with Gasteiger partial charge in [0.2, 0.25) is 21.7 Å². The fourth-order valence-corrected chi connectivity index (χ4v) is 3.65. The Morgan fingerprint density at radius 1 is 1.19 bits per heavy atom. The lowest BCUT2D eigenvalue weighted by molar-refractivity contribution is 0.377. The number of aromatic nitrogens is 2. The van der Waals surface area contributed by atoms with E-state index in [9.17, 15) is 8.42 Å². The summed E-state index contributed by atoms with van der Waals surface area (Å²) in [6.07, 6.45) is 0.748. The molecule has 0 atom stereocenters. The van der Waals surface area contributed by atoms with E-state index in [-0.39, 0.29) is 4.90 Å². The second-order valence-corrected chi connectivity index (χ2v) is 7.95. The van der Waals surface area contributed by atoms with Gasteiger partial charge >= 0.3 is 0 Å². The van der Waals surface area contributed by atoms with Crippen molar-refractivity contribution in [3.8, 4) is 11.4 Å². The molecule has 3 aromatic rings. The molecule has 1 aromatic heterocycles. The Balaban J connectivity index is 1.54. The molecule has 0 bridgehead atoms. The van der Waals surface area contributed by atoms with Crippen LogP contribution in [0.3, 0.4) is 0 Å². The van der Waals surface area contributed by atoms with Crippen LogP contribution in [0.15, 0.2) is 51.9 Å². The number of primary sulfonamides is 1. The van der Waals surface area contributed by atoms with Crippen LogP contribution in [-0.2, 0) is 23.0 Å². The summed E-state index contributed by atoms with van der Waals surface area (Å²) in [7, 11) is -3.69. The lowest BCUT2D eigenvalue weighted by Gasteiger charge is -2.16. The maximum atomic E-state index is 11.5. The quantitative estimate of drug-likeness (QED) is 0.756. The van der Waals surface area contributed by atoms with Crippen molar-refractivity contribution in [2.24, 2.45) is 5.14 Å². The van der Waals surface area contributed by atoms with E-state index in [1.54, 1.807) is 12.1 Å². The lowest BCUT2D eigenvalue weighted by atomic mass is 10.1. The largest absolute Gasteiger partial charge is 0.362 e. The number of fused-ring (bicyclic) bond motifs is 1. The van der Waals surface area contributed by atoms with Crippen molar-refractivity contribution in [1.82, 2.24) is 10.1 Å². The molecule has 0 fully saturated rings. The number of rotatable bonds is 4. The van der Waals surface area contributed by atoms with Crippen LogP contribution in [0.1, 0.15) is 17.0 Å². The lowest BCUT2D eigenvalue weighted by Crippen LogP contribution is -2.20. The molecule has 0 saturated carbocycles. The average Bonchev–Trinajstić information content (AvgIpc) is 3.22. The number of hydrogen-bond donors (Lipinski definition) is 1. The highest BCUT2D eigenvalue weighted by molar-refractivity contribution is 7.89. The molecule has 1 aliphatic heterocycles. The molecule has 0 radical (unpaired) electrons. The molecule has 0 amide bonds. The Bertz CT molecular complexity index is 1060. The average molecular weight is 370 g/mol. The molecule has 8 heteroatoms. The topological polar surface area (TPSA) is 102 Å². The summed E-state index contributed by atoms with van der Waals surface area (Å²) < 4.78 is 28.4. The Morgan fingerprint density at radius 3 is 2.69 bits per heavy atom. The first kappa shape index (κ1) is 16.7. The molecule has 0 unspecified atom stereocenters. The molecule has 1 aliphatic rings. The van der Waals surface area contributed by atoms with Crippen LogP contribution in [-0.4, -0.2) is 25.1 Å². The van der Waals surface area contributed by atoms with E-state index in [1.165, 1.54) is 11.6 Å². The summed E-state index contributed by atoms with van der Waals surface area (Å²) in [6, 6.07) is 12.9. The molecule has 4 rings (SSSR count). The number of hydrogen-bond acceptors (Lipinski definition) is 6. The predicted octanol–water partition coefficient (Wildman–Crippen LogP) is 2.26. The van der Waals surface area contributed by atoms with Crippen LogP contribution in [0.4, 0.5) is 5.69 Å². The smallest absolute Gasteiger partial charge is 0.246 e. The Morgan fingerprint density at radius 2 is 1.96 bits per heavy atom. The first-order chi connectivity index (χ1) is 12.4. The summed E-state index contributed by atoms with van der Waals surface area (Å²) in [6.45, 7) is 3.25. The molecule has 7 nitrogen and oxygen atoms in total. The normalized spacial score (nSPS) is 13.8. The van der Waals surface area contributed by atoms with Gasteiger partial charge in [0.05, 0.1) is 11.4 Å². The van der Waals surface area contributed by atoms with Gasteiger partial charge in [-0.25, -0.2) is 13.6 Å². The Hall–Kier alpha value is -2.71. The van der Waals surface area contributed by atoms with Gasteiger partial charge in [-0.2, -0.15) is 4.98 Å². The Kier molecular flexibility index (Phi) is 4.01. The number of sulfonamides is 1. The third-order valence-corrected chi connectivity index (χ3v) is 5.39. The third kappa shape index (κ3) is 3.21. The Labute approximate surface area is 151 Å². The second kappa shape index (κ2) is 6.22. The maximum Gasteiger partial charge on any atom is 0.246 e. The van der Waals surface area contributed by atoms with Crippen molar-refractivity contribution in [1.29, 1.82) is 0 Å². The van der Waals surface area contributed by atoms with E-state index in [4.69, 9.17) is 9.66 Å². The standard InChI is InChI=1S/C18H18N4O3S/c1-12-2-4-13(5-3-12)18-20-17(25-21-18)11-22-9-8-14-10-15(26(19,23)24)6-7-16(14)22/h2-7,10H,8-9,11H2,1H3,(H2,19,23,24). The number of anilines is 1. The highest BCUT2D eigenvalue weighted by atomic mass is 32.2. The van der Waals surface area contributed by atoms with Crippen molar-refractivity contribution in [3.63, 3.8) is 0 Å². The predicted molar refractivity (Wildman–Crippen MR) is 97.0 cm³/mol. The van der Waals surface area contributed by atoms with Crippen LogP contribution in [0.5, 0.6) is 0 Å². The van der Waals surface area contributed by atoms with Crippen LogP contribution in [0.2, 0.25) is 0 Å². The van der Waals surface area contributed by atoms with Gasteiger partial charge in [0.25, 0.3) is 0 Å². The molecule has 134 valence electrons. The minimum atomic E-state index is -3.69. The zero-order chi connectivity index (χ0) is 18.3. The second-order valence-electron chi connectivity index (χ2n) is 6.38. The van der Waals surface area contributed by atoms with Crippen LogP contribution >= 0.6 is 0 Å². The van der Waals surface area contributed by atoms with E-state index < -0.39 is 10.0 Å². The van der Waals surface area contributed by atoms with Gasteiger partial charge in [-0.15, -0.1) is 0 Å². The SMILES string of the molecule is Cc1ccc(-c2noc(CN3CCc4cc(S(N)(=O)=O)ccc43)n2)cc1. The molecule has 26 heavy (non-hydrogen) atoms. The van der Waals surface area contributed by atoms with Crippen molar-refractivity contribution in [2.75, 3.05) is 11.4 Å². The van der Waals surface area contributed by atoms with E-state index in [1.807, 2.05) is 31.2 Å². The first-order valence-electron chi connectivity index (χ1n) is 8.20. The van der Waals surface area contributed by atoms with Gasteiger partial charge in [0.1, 0.15) is 0 Å². The van der Waals surface area contributed by atoms with Crippen molar-refractivity contribution in [2.45, 2.75) is 24.8 Å². The zero-order valence-corrected chi connectivity index (χ0v) is 15.0. The summed E-state index contributed by atoms with van der Waals surface area (Å²) in [5.74, 6) is 1.08. The fraction of sp³-hybridized carbons (Fsp3) is 0.222. The minimum absolute atomic E-state index is 0.137. The van der Waals surface area contributed by atoms with Crippen LogP contribution < -0.4 is 10.0 Å². The monoisotopic (exact) mass is 370 g/mol. The number of nitrogens with zero attached hydrogens (tertiary/aromatic N) is 3. The van der Waals surface area contributed by atoms with Crippen molar-refractivity contribution in [3.05, 3.63) is 59.5 Å². The highest BCUT2D eigenvalue weighted by Gasteiger charge is 2.23. The molecule has 0 saturated heterocycles. The van der Waals surface area contributed by atoms with Gasteiger partial charge in [-0.05, 0) is 37.1 Å². The van der Waals surface area contributed by atoms with Gasteiger partial charge in [-0.3, -0.25) is 0 Å². The van der Waals surface area contributed by atoms with E-state index in [2.05, 4.69) is 15.0 Å². The molecular weight excluding hydrogens is 352 g/mol. The van der Waals surface area contributed by atoms with Crippen molar-refractivity contribution >= 4 is 15.7 Å². The first-order valence-corrected chi connectivity index (χ1v) is 9.75. The van der Waals surface area contributed by atoms with Crippen molar-refractivity contribution < 1.29 is 12.9 Å². The third-order valence-electron chi connectivity index (χ3n) is 4.48. The number of aryl methyl sites for hydroxylation is 1. The molecule has 2 aromatic carbocycles. The molecule has 0 spiro atoms. The van der Waals surface area contributed by atoms with Crippen LogP contribution in [0, 0.1) is 6.92 Å². The van der Waals surface area contributed by atoms with Gasteiger partial charge in [0.15, 0.2) is 0 Å². The zero-order valence-electron chi connectivity index (χ0n) is 14.2. The minimum Gasteiger partial charge on any atom is -0.362 e. The molecule has 0 aliphatic carbocycles. The maximum absolute atomic E-state index is 11.5. The number of benzene rings is 2. The van der Waals surface area contributed by atoms with Gasteiger partial charge in [0, 0.05) is 17.8 Å². The van der Waals surface area contributed by atoms with E-state index >= 15 is 0 Å². The summed E-state index contributed by atoms with van der Waals surface area (Å²) >= 11 is 0. The molecule has 2 heterocycles. The number of nitrogens with two attached hydrogens (primary N) is 1. The van der Waals surface area contributed by atoms with E-state index in [0.717, 1.165) is 29.8 Å². The van der Waals surface area contributed by atoms with E-state index in [0.29, 0.717) is 18.3 Å². The van der Waals surface area contributed by atoms with Gasteiger partial charge < -0.3 is 9.42 Å². The fourth-order valence-electron chi connectivity index (χ4n) is 3.09. The molecule has 2 N–H and O–H groups in total. The summed E-state index contributed by atoms with van der Waals surface area (Å²) in [4.78, 5) is 6.70. The van der Waals surface area contributed by atoms with Gasteiger partial charge in [-0.1, -0.05) is 35.0 Å². The highest BCUT2D eigenvalue weighted by Crippen LogP contribution is 2.31. The summed E-state index contributed by atoms with van der Waals surface area (Å²) in [5.41, 5.74) is 4.00.